The zero-order chi connectivity index (χ0) is 16.4. The number of alkyl halides is 2. The number of aromatic nitrogens is 6. The van der Waals surface area contributed by atoms with Crippen LogP contribution in [0.4, 0.5) is 8.78 Å². The van der Waals surface area contributed by atoms with Gasteiger partial charge in [-0.1, -0.05) is 30.0 Å². The fourth-order valence-electron chi connectivity index (χ4n) is 2.31. The van der Waals surface area contributed by atoms with Gasteiger partial charge in [0.05, 0.1) is 11.4 Å². The van der Waals surface area contributed by atoms with Gasteiger partial charge in [0.25, 0.3) is 0 Å². The van der Waals surface area contributed by atoms with Crippen molar-refractivity contribution in [3.05, 3.63) is 47.5 Å². The van der Waals surface area contributed by atoms with Gasteiger partial charge in [0.1, 0.15) is 5.82 Å². The summed E-state index contributed by atoms with van der Waals surface area (Å²) in [5, 5.41) is 12.3. The largest absolute Gasteiger partial charge is 0.319 e. The van der Waals surface area contributed by atoms with Gasteiger partial charge in [-0.15, -0.1) is 5.10 Å². The van der Waals surface area contributed by atoms with E-state index in [9.17, 15) is 8.78 Å². The molecule has 0 aliphatic carbocycles. The first kappa shape index (κ1) is 15.6. The predicted octanol–water partition coefficient (Wildman–Crippen LogP) is 3.16. The van der Waals surface area contributed by atoms with E-state index in [2.05, 4.69) is 20.5 Å². The Bertz CT molecular complexity index is 793. The maximum Gasteiger partial charge on any atom is 0.319 e. The molecule has 0 spiro atoms. The topological polar surface area (TPSA) is 61.4 Å². The van der Waals surface area contributed by atoms with Gasteiger partial charge in [-0.25, -0.2) is 4.98 Å². The van der Waals surface area contributed by atoms with Crippen LogP contribution in [0.3, 0.4) is 0 Å². The Morgan fingerprint density at radius 2 is 1.96 bits per heavy atom. The maximum absolute atomic E-state index is 12.8. The SMILES string of the molecule is Cc1cccc(C)c1-n1nnnc1SCc1nccn1C(F)F. The third kappa shape index (κ3) is 3.09. The molecule has 0 aliphatic rings. The van der Waals surface area contributed by atoms with Crippen molar-refractivity contribution in [3.63, 3.8) is 0 Å². The number of thioether (sulfide) groups is 1. The summed E-state index contributed by atoms with van der Waals surface area (Å²) >= 11 is 1.27. The highest BCUT2D eigenvalue weighted by molar-refractivity contribution is 7.98. The molecule has 0 unspecified atom stereocenters. The van der Waals surface area contributed by atoms with Crippen LogP contribution in [-0.2, 0) is 5.75 Å². The van der Waals surface area contributed by atoms with Crippen LogP contribution in [0.5, 0.6) is 0 Å². The number of hydrogen-bond donors (Lipinski definition) is 0. The van der Waals surface area contributed by atoms with E-state index in [1.165, 1.54) is 24.2 Å². The second-order valence-electron chi connectivity index (χ2n) is 4.93. The monoisotopic (exact) mass is 336 g/mol. The number of para-hydroxylation sites is 1. The number of imidazole rings is 1. The fraction of sp³-hybridized carbons (Fsp3) is 0.286. The molecule has 0 radical (unpaired) electrons. The average Bonchev–Trinajstić information content (AvgIpc) is 3.13. The third-order valence-electron chi connectivity index (χ3n) is 3.38. The van der Waals surface area contributed by atoms with Crippen molar-refractivity contribution in [1.29, 1.82) is 0 Å². The lowest BCUT2D eigenvalue weighted by atomic mass is 10.1. The average molecular weight is 336 g/mol. The van der Waals surface area contributed by atoms with Crippen molar-refractivity contribution >= 4 is 11.8 Å². The van der Waals surface area contributed by atoms with E-state index < -0.39 is 6.55 Å². The summed E-state index contributed by atoms with van der Waals surface area (Å²) < 4.78 is 28.2. The van der Waals surface area contributed by atoms with Crippen LogP contribution in [-0.4, -0.2) is 29.8 Å². The molecule has 9 heteroatoms. The summed E-state index contributed by atoms with van der Waals surface area (Å²) in [7, 11) is 0. The Labute approximate surface area is 135 Å². The number of rotatable bonds is 5. The highest BCUT2D eigenvalue weighted by Crippen LogP contribution is 2.26. The minimum Gasteiger partial charge on any atom is -0.277 e. The number of nitrogens with zero attached hydrogens (tertiary/aromatic N) is 6. The molecule has 3 aromatic rings. The van der Waals surface area contributed by atoms with Crippen molar-refractivity contribution in [3.8, 4) is 5.69 Å². The second-order valence-corrected chi connectivity index (χ2v) is 5.87. The van der Waals surface area contributed by atoms with E-state index in [1.54, 1.807) is 4.68 Å². The van der Waals surface area contributed by atoms with E-state index in [4.69, 9.17) is 0 Å². The minimum absolute atomic E-state index is 0.253. The smallest absolute Gasteiger partial charge is 0.277 e. The summed E-state index contributed by atoms with van der Waals surface area (Å²) in [6.45, 7) is 1.34. The fourth-order valence-corrected chi connectivity index (χ4v) is 3.14. The lowest BCUT2D eigenvalue weighted by molar-refractivity contribution is 0.0678. The molecule has 0 fully saturated rings. The lowest BCUT2D eigenvalue weighted by Gasteiger charge is -2.10. The molecule has 0 amide bonds. The molecular formula is C14H14F2N6S. The van der Waals surface area contributed by atoms with Crippen LogP contribution in [0.15, 0.2) is 35.7 Å². The Hall–Kier alpha value is -2.29. The van der Waals surface area contributed by atoms with Crippen molar-refractivity contribution in [1.82, 2.24) is 29.8 Å². The number of tetrazole rings is 1. The molecule has 0 saturated heterocycles. The summed E-state index contributed by atoms with van der Waals surface area (Å²) in [4.78, 5) is 3.96. The molecule has 0 N–H and O–H groups in total. The molecular weight excluding hydrogens is 322 g/mol. The second kappa shape index (κ2) is 6.45. The van der Waals surface area contributed by atoms with Gasteiger partial charge in [0.15, 0.2) is 0 Å². The molecule has 23 heavy (non-hydrogen) atoms. The molecule has 2 heterocycles. The van der Waals surface area contributed by atoms with Crippen LogP contribution in [0.25, 0.3) is 5.69 Å². The van der Waals surface area contributed by atoms with Gasteiger partial charge in [0, 0.05) is 12.4 Å². The molecule has 0 aliphatic heterocycles. The van der Waals surface area contributed by atoms with Gasteiger partial charge in [-0.2, -0.15) is 13.5 Å². The highest BCUT2D eigenvalue weighted by atomic mass is 32.2. The Morgan fingerprint density at radius 3 is 2.65 bits per heavy atom. The number of hydrogen-bond acceptors (Lipinski definition) is 5. The zero-order valence-electron chi connectivity index (χ0n) is 12.5. The first-order valence-electron chi connectivity index (χ1n) is 6.85. The van der Waals surface area contributed by atoms with E-state index in [0.717, 1.165) is 21.4 Å². The molecule has 0 atom stereocenters. The molecule has 0 saturated carbocycles. The third-order valence-corrected chi connectivity index (χ3v) is 4.30. The van der Waals surface area contributed by atoms with Crippen LogP contribution in [0.1, 0.15) is 23.5 Å². The number of halogens is 2. The lowest BCUT2D eigenvalue weighted by Crippen LogP contribution is -2.05. The van der Waals surface area contributed by atoms with Gasteiger partial charge in [-0.05, 0) is 35.4 Å². The van der Waals surface area contributed by atoms with Gasteiger partial charge in [-0.3, -0.25) is 4.57 Å². The highest BCUT2D eigenvalue weighted by Gasteiger charge is 2.16. The van der Waals surface area contributed by atoms with E-state index in [0.29, 0.717) is 5.16 Å². The predicted molar refractivity (Wildman–Crippen MR) is 81.7 cm³/mol. The first-order valence-corrected chi connectivity index (χ1v) is 7.84. The van der Waals surface area contributed by atoms with Crippen molar-refractivity contribution in [2.45, 2.75) is 31.3 Å². The number of benzene rings is 1. The van der Waals surface area contributed by atoms with Crippen LogP contribution < -0.4 is 0 Å². The number of aryl methyl sites for hydroxylation is 2. The summed E-state index contributed by atoms with van der Waals surface area (Å²) in [6.07, 6.45) is 2.62. The standard InChI is InChI=1S/C14H14F2N6S/c1-9-4-3-5-10(2)12(9)22-14(18-19-20-22)23-8-11-17-6-7-21(11)13(15)16/h3-7,13H,8H2,1-2H3. The van der Waals surface area contributed by atoms with Gasteiger partial charge >= 0.3 is 6.55 Å². The van der Waals surface area contributed by atoms with E-state index >= 15 is 0 Å². The minimum atomic E-state index is -2.61. The molecule has 6 nitrogen and oxygen atoms in total. The Balaban J connectivity index is 1.86. The summed E-state index contributed by atoms with van der Waals surface area (Å²) in [5.74, 6) is 0.531. The normalized spacial score (nSPS) is 11.3. The maximum atomic E-state index is 12.8. The van der Waals surface area contributed by atoms with Crippen LogP contribution >= 0.6 is 11.8 Å². The Kier molecular flexibility index (Phi) is 4.37. The van der Waals surface area contributed by atoms with Crippen LogP contribution in [0, 0.1) is 13.8 Å². The molecule has 2 aromatic heterocycles. The van der Waals surface area contributed by atoms with Gasteiger partial charge < -0.3 is 0 Å². The van der Waals surface area contributed by atoms with Crippen molar-refractivity contribution in [2.24, 2.45) is 0 Å². The molecule has 1 aromatic carbocycles. The summed E-state index contributed by atoms with van der Waals surface area (Å²) in [5.41, 5.74) is 2.97. The van der Waals surface area contributed by atoms with Crippen LogP contribution in [0.2, 0.25) is 0 Å². The summed E-state index contributed by atoms with van der Waals surface area (Å²) in [6, 6.07) is 5.91. The zero-order valence-corrected chi connectivity index (χ0v) is 13.3. The Morgan fingerprint density at radius 1 is 1.22 bits per heavy atom. The molecule has 0 bridgehead atoms. The van der Waals surface area contributed by atoms with E-state index in [1.807, 2.05) is 32.0 Å². The quantitative estimate of drug-likeness (QED) is 0.670. The van der Waals surface area contributed by atoms with Gasteiger partial charge in [0.2, 0.25) is 5.16 Å². The van der Waals surface area contributed by atoms with E-state index in [-0.39, 0.29) is 11.6 Å². The first-order chi connectivity index (χ1) is 11.1. The molecule has 120 valence electrons. The molecule has 3 rings (SSSR count). The van der Waals surface area contributed by atoms with Crippen molar-refractivity contribution < 1.29 is 8.78 Å². The van der Waals surface area contributed by atoms with Crippen molar-refractivity contribution in [2.75, 3.05) is 0 Å².